The fraction of sp³-hybridized carbons (Fsp3) is 0.185. The van der Waals surface area contributed by atoms with E-state index < -0.39 is 5.54 Å². The molecule has 0 aliphatic carbocycles. The Morgan fingerprint density at radius 1 is 0.733 bits per heavy atom. The second-order valence-electron chi connectivity index (χ2n) is 7.78. The first-order chi connectivity index (χ1) is 14.9. The van der Waals surface area contributed by atoms with Crippen LogP contribution in [0, 0.1) is 6.92 Å². The van der Waals surface area contributed by atoms with E-state index in [0.717, 1.165) is 25.9 Å². The fourth-order valence-electron chi connectivity index (χ4n) is 4.89. The third-order valence-electron chi connectivity index (χ3n) is 6.10. The maximum atomic E-state index is 4.71. The molecule has 0 saturated carbocycles. The number of hydrogen-bond donors (Lipinski definition) is 0. The Balaban J connectivity index is 1.84. The summed E-state index contributed by atoms with van der Waals surface area (Å²) >= 11 is 0. The van der Waals surface area contributed by atoms with E-state index >= 15 is 0 Å². The van der Waals surface area contributed by atoms with Gasteiger partial charge in [-0.05, 0) is 29.5 Å². The van der Waals surface area contributed by atoms with Crippen molar-refractivity contribution in [1.29, 1.82) is 0 Å². The van der Waals surface area contributed by atoms with E-state index in [1.54, 1.807) is 0 Å². The molecule has 30 heavy (non-hydrogen) atoms. The molecule has 1 aliphatic heterocycles. The van der Waals surface area contributed by atoms with Gasteiger partial charge in [-0.2, -0.15) is 5.10 Å². The zero-order chi connectivity index (χ0) is 20.4. The van der Waals surface area contributed by atoms with Crippen LogP contribution in [-0.4, -0.2) is 16.3 Å². The van der Waals surface area contributed by atoms with Crippen LogP contribution in [0.5, 0.6) is 0 Å². The van der Waals surface area contributed by atoms with Crippen LogP contribution in [0.25, 0.3) is 0 Å². The van der Waals surface area contributed by atoms with Gasteiger partial charge in [0.1, 0.15) is 11.4 Å². The van der Waals surface area contributed by atoms with E-state index in [0.29, 0.717) is 0 Å². The zero-order valence-electron chi connectivity index (χ0n) is 17.1. The third kappa shape index (κ3) is 2.85. The number of nitrogens with zero attached hydrogens (tertiary/aromatic N) is 3. The van der Waals surface area contributed by atoms with Crippen molar-refractivity contribution < 1.29 is 0 Å². The van der Waals surface area contributed by atoms with E-state index in [4.69, 9.17) is 5.10 Å². The molecule has 0 N–H and O–H groups in total. The molecule has 0 atom stereocenters. The molecule has 0 spiro atoms. The van der Waals surface area contributed by atoms with Gasteiger partial charge < -0.3 is 4.90 Å². The van der Waals surface area contributed by atoms with E-state index in [1.165, 1.54) is 28.1 Å². The van der Waals surface area contributed by atoms with Crippen molar-refractivity contribution in [1.82, 2.24) is 9.78 Å². The topological polar surface area (TPSA) is 21.1 Å². The lowest BCUT2D eigenvalue weighted by Gasteiger charge is -2.44. The summed E-state index contributed by atoms with van der Waals surface area (Å²) in [4.78, 5) is 2.56. The predicted molar refractivity (Wildman–Crippen MR) is 122 cm³/mol. The maximum Gasteiger partial charge on any atom is 0.131 e. The maximum absolute atomic E-state index is 4.71. The molecule has 1 aliphatic rings. The van der Waals surface area contributed by atoms with E-state index in [2.05, 4.69) is 108 Å². The number of hydrogen-bond acceptors (Lipinski definition) is 2. The fourth-order valence-corrected chi connectivity index (χ4v) is 4.89. The van der Waals surface area contributed by atoms with Gasteiger partial charge in [-0.25, -0.2) is 4.68 Å². The molecule has 1 radical (unpaired) electrons. The molecule has 0 unspecified atom stereocenters. The smallest absolute Gasteiger partial charge is 0.131 e. The van der Waals surface area contributed by atoms with Crippen molar-refractivity contribution >= 4 is 5.82 Å². The van der Waals surface area contributed by atoms with Gasteiger partial charge in [0.2, 0.25) is 0 Å². The van der Waals surface area contributed by atoms with Gasteiger partial charge in [0.15, 0.2) is 0 Å². The minimum absolute atomic E-state index is 0.437. The van der Waals surface area contributed by atoms with Crippen LogP contribution in [-0.2, 0) is 18.5 Å². The summed E-state index contributed by atoms with van der Waals surface area (Å²) in [5.41, 5.74) is 4.62. The molecule has 4 aromatic rings. The SMILES string of the molecule is [CH2]CCc1cnn2c1N(C(c1ccccc1)(c1ccccc1)c1ccccc1)CC2. The number of anilines is 1. The van der Waals surface area contributed by atoms with Gasteiger partial charge in [-0.1, -0.05) is 97.9 Å². The molecule has 3 nitrogen and oxygen atoms in total. The summed E-state index contributed by atoms with van der Waals surface area (Å²) in [5, 5.41) is 4.71. The van der Waals surface area contributed by atoms with Gasteiger partial charge >= 0.3 is 0 Å². The van der Waals surface area contributed by atoms with Crippen LogP contribution in [0.3, 0.4) is 0 Å². The predicted octanol–water partition coefficient (Wildman–Crippen LogP) is 5.46. The Morgan fingerprint density at radius 3 is 1.70 bits per heavy atom. The summed E-state index contributed by atoms with van der Waals surface area (Å²) in [6.07, 6.45) is 3.82. The van der Waals surface area contributed by atoms with Crippen LogP contribution >= 0.6 is 0 Å². The second kappa shape index (κ2) is 7.83. The first-order valence-corrected chi connectivity index (χ1v) is 10.6. The average molecular weight is 393 g/mol. The summed E-state index contributed by atoms with van der Waals surface area (Å²) in [7, 11) is 0. The molecule has 2 heterocycles. The summed E-state index contributed by atoms with van der Waals surface area (Å²) < 4.78 is 2.16. The van der Waals surface area contributed by atoms with E-state index in [9.17, 15) is 0 Å². The highest BCUT2D eigenvalue weighted by atomic mass is 15.4. The minimum Gasteiger partial charge on any atom is -0.337 e. The first-order valence-electron chi connectivity index (χ1n) is 10.6. The number of benzene rings is 3. The molecule has 0 fully saturated rings. The molecule has 0 bridgehead atoms. The molecule has 1 aromatic heterocycles. The highest BCUT2D eigenvalue weighted by molar-refractivity contribution is 5.64. The monoisotopic (exact) mass is 392 g/mol. The number of aryl methyl sites for hydroxylation is 1. The van der Waals surface area contributed by atoms with Gasteiger partial charge in [-0.3, -0.25) is 0 Å². The van der Waals surface area contributed by atoms with Crippen molar-refractivity contribution in [3.63, 3.8) is 0 Å². The number of aromatic nitrogens is 2. The molecule has 149 valence electrons. The van der Waals surface area contributed by atoms with Crippen LogP contribution in [0.2, 0.25) is 0 Å². The number of rotatable bonds is 6. The first kappa shape index (κ1) is 18.7. The van der Waals surface area contributed by atoms with Gasteiger partial charge in [0.25, 0.3) is 0 Å². The van der Waals surface area contributed by atoms with Gasteiger partial charge in [-0.15, -0.1) is 0 Å². The standard InChI is InChI=1S/C27H26N3/c1-2-12-22-21-28-30-20-19-29(26(22)30)27(23-13-6-3-7-14-23,24-15-8-4-9-16-24)25-17-10-5-11-18-25/h3-11,13-18,21H,1-2,12,19-20H2. The quantitative estimate of drug-likeness (QED) is 0.406. The molecule has 0 amide bonds. The van der Waals surface area contributed by atoms with Gasteiger partial charge in [0, 0.05) is 12.1 Å². The Kier molecular flexibility index (Phi) is 4.88. The van der Waals surface area contributed by atoms with Crippen molar-refractivity contribution in [2.75, 3.05) is 11.4 Å². The van der Waals surface area contributed by atoms with Crippen molar-refractivity contribution in [3.8, 4) is 0 Å². The minimum atomic E-state index is -0.437. The van der Waals surface area contributed by atoms with E-state index in [1.807, 2.05) is 6.20 Å². The second-order valence-corrected chi connectivity index (χ2v) is 7.78. The zero-order valence-corrected chi connectivity index (χ0v) is 17.1. The Labute approximate surface area is 178 Å². The number of fused-ring (bicyclic) bond motifs is 1. The average Bonchev–Trinajstić information content (AvgIpc) is 3.41. The molecular weight excluding hydrogens is 366 g/mol. The Bertz CT molecular complexity index is 1000. The van der Waals surface area contributed by atoms with Crippen LogP contribution < -0.4 is 4.90 Å². The molecular formula is C27H26N3. The van der Waals surface area contributed by atoms with Crippen molar-refractivity contribution in [2.45, 2.75) is 24.9 Å². The third-order valence-corrected chi connectivity index (χ3v) is 6.10. The van der Waals surface area contributed by atoms with E-state index in [-0.39, 0.29) is 0 Å². The lowest BCUT2D eigenvalue weighted by Crippen LogP contribution is -2.48. The van der Waals surface area contributed by atoms with Crippen molar-refractivity contribution in [3.05, 3.63) is 126 Å². The van der Waals surface area contributed by atoms with Crippen LogP contribution in [0.15, 0.2) is 97.2 Å². The van der Waals surface area contributed by atoms with Crippen molar-refractivity contribution in [2.24, 2.45) is 0 Å². The largest absolute Gasteiger partial charge is 0.337 e. The highest BCUT2D eigenvalue weighted by Gasteiger charge is 2.45. The molecule has 3 heteroatoms. The Morgan fingerprint density at radius 2 is 1.23 bits per heavy atom. The Hall–Kier alpha value is -3.33. The van der Waals surface area contributed by atoms with Crippen LogP contribution in [0.1, 0.15) is 28.7 Å². The lowest BCUT2D eigenvalue weighted by atomic mass is 9.75. The summed E-state index contributed by atoms with van der Waals surface area (Å²) in [6.45, 7) is 5.89. The van der Waals surface area contributed by atoms with Gasteiger partial charge in [0.05, 0.1) is 12.7 Å². The summed E-state index contributed by atoms with van der Waals surface area (Å²) in [5.74, 6) is 1.22. The molecule has 3 aromatic carbocycles. The normalized spacial score (nSPS) is 13.4. The molecule has 5 rings (SSSR count). The molecule has 0 saturated heterocycles. The summed E-state index contributed by atoms with van der Waals surface area (Å²) in [6, 6.07) is 32.6. The lowest BCUT2D eigenvalue weighted by molar-refractivity contribution is 0.569. The highest BCUT2D eigenvalue weighted by Crippen LogP contribution is 2.47. The van der Waals surface area contributed by atoms with Crippen LogP contribution in [0.4, 0.5) is 5.82 Å².